The fourth-order valence-corrected chi connectivity index (χ4v) is 2.42. The van der Waals surface area contributed by atoms with Gasteiger partial charge in [-0.15, -0.1) is 0 Å². The number of carbonyl (C=O) groups is 1. The van der Waals surface area contributed by atoms with Crippen molar-refractivity contribution in [3.05, 3.63) is 76.7 Å². The zero-order valence-electron chi connectivity index (χ0n) is 12.8. The highest BCUT2D eigenvalue weighted by Crippen LogP contribution is 2.18. The van der Waals surface area contributed by atoms with Crippen LogP contribution in [-0.4, -0.2) is 11.9 Å². The first-order valence-electron chi connectivity index (χ1n) is 7.43. The second-order valence-electron chi connectivity index (χ2n) is 5.47. The van der Waals surface area contributed by atoms with Crippen LogP contribution in [0.15, 0.2) is 59.2 Å². The van der Waals surface area contributed by atoms with Crippen LogP contribution in [0.25, 0.3) is 6.08 Å². The van der Waals surface area contributed by atoms with Crippen LogP contribution in [0.1, 0.15) is 23.1 Å². The summed E-state index contributed by atoms with van der Waals surface area (Å²) in [7, 11) is 0. The molecule has 2 aromatic carbocycles. The van der Waals surface area contributed by atoms with Gasteiger partial charge in [0.05, 0.1) is 0 Å². The molecule has 0 saturated carbocycles. The van der Waals surface area contributed by atoms with Gasteiger partial charge in [0.1, 0.15) is 5.82 Å². The zero-order valence-corrected chi connectivity index (χ0v) is 12.8. The Balaban J connectivity index is 1.71. The monoisotopic (exact) mass is 309 g/mol. The van der Waals surface area contributed by atoms with Crippen molar-refractivity contribution in [2.24, 2.45) is 4.99 Å². The quantitative estimate of drug-likeness (QED) is 0.631. The number of rotatable bonds is 4. The summed E-state index contributed by atoms with van der Waals surface area (Å²) in [6, 6.07) is 14.2. The molecule has 0 amide bonds. The molecule has 0 unspecified atom stereocenters. The molecule has 0 bridgehead atoms. The summed E-state index contributed by atoms with van der Waals surface area (Å²) < 4.78 is 18.3. The lowest BCUT2D eigenvalue weighted by molar-refractivity contribution is -0.130. The van der Waals surface area contributed by atoms with Crippen LogP contribution in [0, 0.1) is 12.7 Å². The number of benzene rings is 2. The van der Waals surface area contributed by atoms with Gasteiger partial charge in [0.25, 0.3) is 0 Å². The van der Waals surface area contributed by atoms with Crippen LogP contribution < -0.4 is 0 Å². The summed E-state index contributed by atoms with van der Waals surface area (Å²) in [5.41, 5.74) is 3.16. The molecule has 2 aromatic rings. The van der Waals surface area contributed by atoms with Crippen molar-refractivity contribution in [2.45, 2.75) is 19.8 Å². The lowest BCUT2D eigenvalue weighted by atomic mass is 10.1. The second-order valence-corrected chi connectivity index (χ2v) is 5.47. The van der Waals surface area contributed by atoms with Gasteiger partial charge in [-0.1, -0.05) is 42.0 Å². The van der Waals surface area contributed by atoms with E-state index in [0.717, 1.165) is 16.7 Å². The fourth-order valence-electron chi connectivity index (χ4n) is 2.42. The number of carbonyl (C=O) groups excluding carboxylic acids is 1. The third kappa shape index (κ3) is 3.92. The minimum atomic E-state index is -0.444. The maximum absolute atomic E-state index is 13.1. The molecular weight excluding hydrogens is 293 g/mol. The van der Waals surface area contributed by atoms with Crippen LogP contribution in [0.4, 0.5) is 4.39 Å². The van der Waals surface area contributed by atoms with Gasteiger partial charge in [0.15, 0.2) is 11.6 Å². The second kappa shape index (κ2) is 6.57. The molecule has 1 aliphatic rings. The summed E-state index contributed by atoms with van der Waals surface area (Å²) in [4.78, 5) is 16.1. The standard InChI is InChI=1S/C19H16FNO2/c1-13-4-2-6-15(10-13)12-17-19(22)23-18(21-17)9-8-14-5-3-7-16(20)11-14/h2-7,10-12H,8-9H2,1H3/b17-12+. The Morgan fingerprint density at radius 1 is 1.13 bits per heavy atom. The summed E-state index contributed by atoms with van der Waals surface area (Å²) in [5, 5.41) is 0. The van der Waals surface area contributed by atoms with E-state index >= 15 is 0 Å². The van der Waals surface area contributed by atoms with Crippen molar-refractivity contribution in [3.63, 3.8) is 0 Å². The van der Waals surface area contributed by atoms with Crippen LogP contribution in [0.3, 0.4) is 0 Å². The molecule has 3 rings (SSSR count). The highest BCUT2D eigenvalue weighted by atomic mass is 19.1. The van der Waals surface area contributed by atoms with E-state index in [1.165, 1.54) is 12.1 Å². The van der Waals surface area contributed by atoms with E-state index in [0.29, 0.717) is 24.4 Å². The first kappa shape index (κ1) is 15.2. The molecule has 1 aliphatic heterocycles. The van der Waals surface area contributed by atoms with Crippen molar-refractivity contribution in [1.82, 2.24) is 0 Å². The van der Waals surface area contributed by atoms with Gasteiger partial charge < -0.3 is 4.74 Å². The largest absolute Gasteiger partial charge is 0.407 e. The lowest BCUT2D eigenvalue weighted by Gasteiger charge is -2.00. The van der Waals surface area contributed by atoms with Gasteiger partial charge in [-0.2, -0.15) is 0 Å². The molecule has 0 radical (unpaired) electrons. The van der Waals surface area contributed by atoms with Gasteiger partial charge in [0, 0.05) is 6.42 Å². The maximum Gasteiger partial charge on any atom is 0.363 e. The number of hydrogen-bond acceptors (Lipinski definition) is 3. The molecule has 0 N–H and O–H groups in total. The van der Waals surface area contributed by atoms with E-state index in [1.54, 1.807) is 12.1 Å². The molecule has 0 aliphatic carbocycles. The van der Waals surface area contributed by atoms with Crippen LogP contribution in [-0.2, 0) is 16.0 Å². The summed E-state index contributed by atoms with van der Waals surface area (Å²) >= 11 is 0. The van der Waals surface area contributed by atoms with E-state index in [1.807, 2.05) is 37.3 Å². The summed E-state index contributed by atoms with van der Waals surface area (Å²) in [6.07, 6.45) is 2.74. The van der Waals surface area contributed by atoms with E-state index in [9.17, 15) is 9.18 Å². The van der Waals surface area contributed by atoms with Crippen molar-refractivity contribution < 1.29 is 13.9 Å². The van der Waals surface area contributed by atoms with Crippen molar-refractivity contribution in [3.8, 4) is 0 Å². The Morgan fingerprint density at radius 3 is 2.74 bits per heavy atom. The molecule has 1 heterocycles. The van der Waals surface area contributed by atoms with Crippen molar-refractivity contribution >= 4 is 17.9 Å². The molecule has 116 valence electrons. The van der Waals surface area contributed by atoms with Crippen LogP contribution in [0.2, 0.25) is 0 Å². The number of halogens is 1. The first-order valence-corrected chi connectivity index (χ1v) is 7.43. The number of ether oxygens (including phenoxy) is 1. The summed E-state index contributed by atoms with van der Waals surface area (Å²) in [5.74, 6) is -0.341. The third-order valence-electron chi connectivity index (χ3n) is 3.53. The van der Waals surface area contributed by atoms with E-state index < -0.39 is 5.97 Å². The molecule has 0 atom stereocenters. The van der Waals surface area contributed by atoms with Gasteiger partial charge in [-0.3, -0.25) is 0 Å². The van der Waals surface area contributed by atoms with Crippen molar-refractivity contribution in [2.75, 3.05) is 0 Å². The van der Waals surface area contributed by atoms with Gasteiger partial charge in [-0.25, -0.2) is 14.2 Å². The Morgan fingerprint density at radius 2 is 1.96 bits per heavy atom. The highest BCUT2D eigenvalue weighted by Gasteiger charge is 2.22. The Labute approximate surface area is 134 Å². The average molecular weight is 309 g/mol. The number of esters is 1. The van der Waals surface area contributed by atoms with E-state index in [4.69, 9.17) is 4.74 Å². The minimum absolute atomic E-state index is 0.270. The number of cyclic esters (lactones) is 1. The molecule has 23 heavy (non-hydrogen) atoms. The maximum atomic E-state index is 13.1. The number of aryl methyl sites for hydroxylation is 2. The zero-order chi connectivity index (χ0) is 16.2. The van der Waals surface area contributed by atoms with Gasteiger partial charge in [-0.05, 0) is 42.7 Å². The number of nitrogens with zero attached hydrogens (tertiary/aromatic N) is 1. The van der Waals surface area contributed by atoms with Crippen LogP contribution in [0.5, 0.6) is 0 Å². The molecule has 4 heteroatoms. The molecule has 0 saturated heterocycles. The van der Waals surface area contributed by atoms with Gasteiger partial charge >= 0.3 is 5.97 Å². The normalized spacial score (nSPS) is 15.7. The van der Waals surface area contributed by atoms with Crippen molar-refractivity contribution in [1.29, 1.82) is 0 Å². The Hall–Kier alpha value is -2.75. The summed E-state index contributed by atoms with van der Waals surface area (Å²) in [6.45, 7) is 1.99. The minimum Gasteiger partial charge on any atom is -0.407 e. The van der Waals surface area contributed by atoms with E-state index in [2.05, 4.69) is 4.99 Å². The predicted molar refractivity (Wildman–Crippen MR) is 87.4 cm³/mol. The molecule has 0 spiro atoms. The Bertz CT molecular complexity index is 809. The lowest BCUT2D eigenvalue weighted by Crippen LogP contribution is -2.05. The Kier molecular flexibility index (Phi) is 4.33. The van der Waals surface area contributed by atoms with Gasteiger partial charge in [0.2, 0.25) is 0 Å². The molecule has 0 aromatic heterocycles. The predicted octanol–water partition coefficient (Wildman–Crippen LogP) is 4.06. The number of aliphatic imine (C=N–C) groups is 1. The number of hydrogen-bond donors (Lipinski definition) is 0. The smallest absolute Gasteiger partial charge is 0.363 e. The van der Waals surface area contributed by atoms with E-state index in [-0.39, 0.29) is 5.82 Å². The molecule has 0 fully saturated rings. The SMILES string of the molecule is Cc1cccc(/C=C2/N=C(CCc3cccc(F)c3)OC2=O)c1. The average Bonchev–Trinajstić information content (AvgIpc) is 2.86. The third-order valence-corrected chi connectivity index (χ3v) is 3.53. The highest BCUT2D eigenvalue weighted by molar-refractivity contribution is 6.07. The fraction of sp³-hybridized carbons (Fsp3) is 0.158. The van der Waals surface area contributed by atoms with Crippen LogP contribution >= 0.6 is 0 Å². The topological polar surface area (TPSA) is 38.7 Å². The first-order chi connectivity index (χ1) is 11.1. The molecular formula is C19H16FNO2. The molecule has 3 nitrogen and oxygen atoms in total.